The van der Waals surface area contributed by atoms with Crippen LogP contribution in [0.5, 0.6) is 0 Å². The fourth-order valence-electron chi connectivity index (χ4n) is 5.26. The number of nitrogens with two attached hydrogens (primary N) is 1. The predicted molar refractivity (Wildman–Crippen MR) is 149 cm³/mol. The Balaban J connectivity index is 1.48. The lowest BCUT2D eigenvalue weighted by atomic mass is 9.92. The SMILES string of the molecule is C[C@H]1CCN(c2c(NC(=O)c3ccc(=O)n(-c4c(F)cccc4F)n3)ccc(N)c2C=NC2CCC(F)(F)CC2)C1. The Morgan fingerprint density at radius 3 is 2.44 bits per heavy atom. The van der Waals surface area contributed by atoms with Crippen LogP contribution in [0.25, 0.3) is 5.69 Å². The molecule has 1 saturated carbocycles. The molecule has 0 spiro atoms. The third kappa shape index (κ3) is 6.10. The molecule has 2 aromatic carbocycles. The summed E-state index contributed by atoms with van der Waals surface area (Å²) in [6, 6.07) is 8.28. The summed E-state index contributed by atoms with van der Waals surface area (Å²) in [6.45, 7) is 3.49. The van der Waals surface area contributed by atoms with Crippen LogP contribution in [0.4, 0.5) is 34.6 Å². The Hall–Kier alpha value is -4.22. The van der Waals surface area contributed by atoms with Crippen LogP contribution in [-0.4, -0.2) is 47.0 Å². The summed E-state index contributed by atoms with van der Waals surface area (Å²) >= 11 is 0. The first kappa shape index (κ1) is 28.3. The number of rotatable bonds is 6. The van der Waals surface area contributed by atoms with Crippen molar-refractivity contribution in [3.63, 3.8) is 0 Å². The van der Waals surface area contributed by atoms with E-state index in [1.165, 1.54) is 6.07 Å². The number of aliphatic imine (C=N–C) groups is 1. The highest BCUT2D eigenvalue weighted by atomic mass is 19.3. The number of aromatic nitrogens is 2. The van der Waals surface area contributed by atoms with Crippen LogP contribution in [0.15, 0.2) is 52.3 Å². The van der Waals surface area contributed by atoms with Gasteiger partial charge in [-0.25, -0.2) is 17.6 Å². The molecule has 8 nitrogen and oxygen atoms in total. The molecule has 5 rings (SSSR count). The van der Waals surface area contributed by atoms with Crippen LogP contribution in [0, 0.1) is 17.6 Å². The van der Waals surface area contributed by atoms with Crippen molar-refractivity contribution in [3.8, 4) is 5.69 Å². The van der Waals surface area contributed by atoms with Gasteiger partial charge in [-0.2, -0.15) is 9.78 Å². The lowest BCUT2D eigenvalue weighted by Gasteiger charge is -2.27. The van der Waals surface area contributed by atoms with E-state index in [9.17, 15) is 27.2 Å². The van der Waals surface area contributed by atoms with Gasteiger partial charge < -0.3 is 16.0 Å². The first-order valence-electron chi connectivity index (χ1n) is 13.5. The zero-order chi connectivity index (χ0) is 29.3. The second-order valence-corrected chi connectivity index (χ2v) is 10.7. The molecular formula is C29H30F4N6O2. The summed E-state index contributed by atoms with van der Waals surface area (Å²) in [5.74, 6) is -5.02. The van der Waals surface area contributed by atoms with Crippen molar-refractivity contribution in [1.82, 2.24) is 9.78 Å². The van der Waals surface area contributed by atoms with E-state index in [2.05, 4.69) is 27.2 Å². The molecule has 3 aromatic rings. The Bertz CT molecular complexity index is 1530. The lowest BCUT2D eigenvalue weighted by molar-refractivity contribution is -0.0373. The number of alkyl halides is 2. The van der Waals surface area contributed by atoms with E-state index in [0.717, 1.165) is 30.7 Å². The molecule has 1 aromatic heterocycles. The zero-order valence-corrected chi connectivity index (χ0v) is 22.4. The molecule has 1 saturated heterocycles. The number of halogens is 4. The van der Waals surface area contributed by atoms with E-state index in [1.54, 1.807) is 18.3 Å². The molecule has 41 heavy (non-hydrogen) atoms. The number of hydrogen-bond acceptors (Lipinski definition) is 6. The number of nitrogen functional groups attached to an aromatic ring is 1. The van der Waals surface area contributed by atoms with Gasteiger partial charge in [-0.1, -0.05) is 13.0 Å². The van der Waals surface area contributed by atoms with E-state index < -0.39 is 34.7 Å². The van der Waals surface area contributed by atoms with E-state index in [0.29, 0.717) is 46.3 Å². The van der Waals surface area contributed by atoms with Crippen molar-refractivity contribution in [2.75, 3.05) is 29.0 Å². The van der Waals surface area contributed by atoms with Gasteiger partial charge in [0.25, 0.3) is 11.5 Å². The highest BCUT2D eigenvalue weighted by molar-refractivity contribution is 6.08. The molecule has 1 aliphatic carbocycles. The number of anilines is 3. The van der Waals surface area contributed by atoms with Crippen LogP contribution < -0.4 is 21.5 Å². The third-order valence-corrected chi connectivity index (χ3v) is 7.52. The number of nitrogens with zero attached hydrogens (tertiary/aromatic N) is 4. The molecule has 1 atom stereocenters. The highest BCUT2D eigenvalue weighted by Crippen LogP contribution is 2.38. The molecule has 1 aliphatic heterocycles. The van der Waals surface area contributed by atoms with Gasteiger partial charge in [-0.05, 0) is 55.5 Å². The molecule has 0 bridgehead atoms. The summed E-state index contributed by atoms with van der Waals surface area (Å²) in [7, 11) is 0. The predicted octanol–water partition coefficient (Wildman–Crippen LogP) is 5.19. The minimum Gasteiger partial charge on any atom is -0.398 e. The molecule has 2 aliphatic rings. The van der Waals surface area contributed by atoms with E-state index >= 15 is 0 Å². The Morgan fingerprint density at radius 2 is 1.78 bits per heavy atom. The Morgan fingerprint density at radius 1 is 1.07 bits per heavy atom. The molecular weight excluding hydrogens is 540 g/mol. The number of carbonyl (C=O) groups excluding carboxylic acids is 1. The number of carbonyl (C=O) groups is 1. The summed E-state index contributed by atoms with van der Waals surface area (Å²) in [5.41, 5.74) is 6.58. The fraction of sp³-hybridized carbons (Fsp3) is 0.379. The average Bonchev–Trinajstić information content (AvgIpc) is 3.36. The third-order valence-electron chi connectivity index (χ3n) is 7.52. The monoisotopic (exact) mass is 570 g/mol. The van der Waals surface area contributed by atoms with E-state index in [1.807, 2.05) is 0 Å². The van der Waals surface area contributed by atoms with Gasteiger partial charge in [-0.15, -0.1) is 0 Å². The van der Waals surface area contributed by atoms with Crippen LogP contribution in [0.1, 0.15) is 55.1 Å². The van der Waals surface area contributed by atoms with Gasteiger partial charge in [0, 0.05) is 49.5 Å². The number of hydrogen-bond donors (Lipinski definition) is 2. The second kappa shape index (κ2) is 11.3. The molecule has 2 heterocycles. The number of amides is 1. The van der Waals surface area contributed by atoms with Crippen LogP contribution in [0.3, 0.4) is 0 Å². The van der Waals surface area contributed by atoms with Crippen molar-refractivity contribution >= 4 is 29.2 Å². The summed E-state index contributed by atoms with van der Waals surface area (Å²) in [4.78, 5) is 32.4. The van der Waals surface area contributed by atoms with Crippen molar-refractivity contribution in [3.05, 3.63) is 75.7 Å². The molecule has 3 N–H and O–H groups in total. The maximum atomic E-state index is 14.4. The molecule has 216 valence electrons. The Labute approximate surface area is 233 Å². The van der Waals surface area contributed by atoms with E-state index in [4.69, 9.17) is 5.73 Å². The van der Waals surface area contributed by atoms with Gasteiger partial charge in [-0.3, -0.25) is 14.6 Å². The minimum absolute atomic E-state index is 0.219. The van der Waals surface area contributed by atoms with Gasteiger partial charge in [0.1, 0.15) is 11.4 Å². The largest absolute Gasteiger partial charge is 0.398 e. The molecule has 1 amide bonds. The van der Waals surface area contributed by atoms with Gasteiger partial charge in [0.2, 0.25) is 5.92 Å². The number of nitrogens with one attached hydrogen (secondary N) is 1. The van der Waals surface area contributed by atoms with Gasteiger partial charge in [0.15, 0.2) is 11.6 Å². The van der Waals surface area contributed by atoms with Crippen LogP contribution in [0.2, 0.25) is 0 Å². The smallest absolute Gasteiger partial charge is 0.276 e. The van der Waals surface area contributed by atoms with E-state index in [-0.39, 0.29) is 37.4 Å². The maximum Gasteiger partial charge on any atom is 0.276 e. The second-order valence-electron chi connectivity index (χ2n) is 10.7. The zero-order valence-electron chi connectivity index (χ0n) is 22.4. The van der Waals surface area contributed by atoms with Crippen molar-refractivity contribution in [1.29, 1.82) is 0 Å². The van der Waals surface area contributed by atoms with Crippen LogP contribution >= 0.6 is 0 Å². The molecule has 12 heteroatoms. The quantitative estimate of drug-likeness (QED) is 0.241. The first-order valence-corrected chi connectivity index (χ1v) is 13.5. The van der Waals surface area contributed by atoms with Crippen molar-refractivity contribution in [2.24, 2.45) is 10.9 Å². The molecule has 0 radical (unpaired) electrons. The van der Waals surface area contributed by atoms with Gasteiger partial charge in [0.05, 0.1) is 17.4 Å². The summed E-state index contributed by atoms with van der Waals surface area (Å²) in [6.07, 6.45) is 2.60. The summed E-state index contributed by atoms with van der Waals surface area (Å²) in [5, 5.41) is 6.73. The van der Waals surface area contributed by atoms with Crippen molar-refractivity contribution in [2.45, 2.75) is 51.0 Å². The van der Waals surface area contributed by atoms with Crippen LogP contribution in [-0.2, 0) is 0 Å². The number of para-hydroxylation sites is 1. The topological polar surface area (TPSA) is 106 Å². The number of benzene rings is 2. The lowest BCUT2D eigenvalue weighted by Crippen LogP contribution is -2.28. The maximum absolute atomic E-state index is 14.4. The van der Waals surface area contributed by atoms with Crippen molar-refractivity contribution < 1.29 is 22.4 Å². The standard InChI is InChI=1S/C29H30F4N6O2/c1-17-11-14-38(16-17)26-19(15-35-18-9-12-29(32,33)13-10-18)22(34)5-6-23(26)36-28(41)24-7-8-25(40)39(37-24)27-20(30)3-2-4-21(27)31/h2-8,15,17-18H,9-14,16,34H2,1H3,(H,36,41)/t17-/m0/s1. The normalized spacial score (nSPS) is 19.1. The Kier molecular flexibility index (Phi) is 7.83. The average molecular weight is 571 g/mol. The van der Waals surface area contributed by atoms with Gasteiger partial charge >= 0.3 is 0 Å². The molecule has 2 fully saturated rings. The first-order chi connectivity index (χ1) is 19.5. The fourth-order valence-corrected chi connectivity index (χ4v) is 5.26. The minimum atomic E-state index is -2.67. The highest BCUT2D eigenvalue weighted by Gasteiger charge is 2.34. The summed E-state index contributed by atoms with van der Waals surface area (Å²) < 4.78 is 56.5. The molecule has 0 unspecified atom stereocenters.